The van der Waals surface area contributed by atoms with Crippen LogP contribution in [0, 0.1) is 11.3 Å². The van der Waals surface area contributed by atoms with Gasteiger partial charge in [0.25, 0.3) is 15.9 Å². The monoisotopic (exact) mass is 419 g/mol. The van der Waals surface area contributed by atoms with E-state index in [9.17, 15) is 13.2 Å². The number of nitriles is 1. The van der Waals surface area contributed by atoms with Crippen LogP contribution in [0.4, 0.5) is 5.69 Å². The molecule has 0 atom stereocenters. The van der Waals surface area contributed by atoms with Gasteiger partial charge in [0.05, 0.1) is 38.7 Å². The quantitative estimate of drug-likeness (QED) is 0.712. The van der Waals surface area contributed by atoms with E-state index in [0.29, 0.717) is 36.9 Å². The van der Waals surface area contributed by atoms with Crippen molar-refractivity contribution in [2.75, 3.05) is 44.2 Å². The number of hydrogen-bond acceptors (Lipinski definition) is 5. The molecule has 1 aromatic heterocycles. The van der Waals surface area contributed by atoms with Crippen LogP contribution in [0.3, 0.4) is 0 Å². The number of amides is 1. The Hall–Kier alpha value is -2.25. The fraction of sp³-hybridized carbons (Fsp3) is 0.368. The third kappa shape index (κ3) is 4.77. The molecule has 28 heavy (non-hydrogen) atoms. The van der Waals surface area contributed by atoms with Crippen molar-refractivity contribution in [2.45, 2.75) is 10.6 Å². The number of hydrogen-bond donors (Lipinski definition) is 1. The van der Waals surface area contributed by atoms with E-state index in [1.807, 2.05) is 30.3 Å². The molecule has 7 nitrogen and oxygen atoms in total. The molecule has 1 aliphatic heterocycles. The molecule has 2 heterocycles. The molecule has 0 bridgehead atoms. The maximum Gasteiger partial charge on any atom is 0.282 e. The van der Waals surface area contributed by atoms with Gasteiger partial charge in [0.1, 0.15) is 4.21 Å². The predicted octanol–water partition coefficient (Wildman–Crippen LogP) is 0.584. The number of carbonyl (C=O) groups excluding carboxylic acids is 1. The van der Waals surface area contributed by atoms with Crippen LogP contribution in [-0.4, -0.2) is 57.9 Å². The normalized spacial score (nSPS) is 15.8. The Kier molecular flexibility index (Phi) is 6.80. The van der Waals surface area contributed by atoms with E-state index in [1.54, 1.807) is 22.4 Å². The summed E-state index contributed by atoms with van der Waals surface area (Å²) in [7, 11) is -3.43. The van der Waals surface area contributed by atoms with Crippen molar-refractivity contribution in [3.8, 4) is 6.07 Å². The molecule has 0 radical (unpaired) electrons. The molecule has 1 N–H and O–H groups in total. The summed E-state index contributed by atoms with van der Waals surface area (Å²) < 4.78 is 27.1. The minimum Gasteiger partial charge on any atom is -0.325 e. The number of thiophene rings is 1. The molecule has 0 saturated carbocycles. The lowest BCUT2D eigenvalue weighted by Gasteiger charge is -2.32. The highest BCUT2D eigenvalue weighted by Gasteiger charge is 2.32. The average Bonchev–Trinajstić information content (AvgIpc) is 3.25. The number of piperazine rings is 1. The largest absolute Gasteiger partial charge is 0.325 e. The van der Waals surface area contributed by atoms with Crippen LogP contribution in [0.25, 0.3) is 0 Å². The van der Waals surface area contributed by atoms with E-state index in [0.717, 1.165) is 10.6 Å². The predicted molar refractivity (Wildman–Crippen MR) is 108 cm³/mol. The lowest BCUT2D eigenvalue weighted by molar-refractivity contribution is -0.895. The first-order valence-electron chi connectivity index (χ1n) is 9.12. The molecule has 0 aliphatic carbocycles. The number of nitrogens with zero attached hydrogens (tertiary/aromatic N) is 3. The van der Waals surface area contributed by atoms with Gasteiger partial charge < -0.3 is 9.80 Å². The third-order valence-corrected chi connectivity index (χ3v) is 8.01. The van der Waals surface area contributed by atoms with Crippen LogP contribution in [0.5, 0.6) is 0 Å². The molecule has 1 fully saturated rings. The van der Waals surface area contributed by atoms with Gasteiger partial charge in [0.15, 0.2) is 6.54 Å². The van der Waals surface area contributed by atoms with E-state index in [1.165, 1.54) is 15.6 Å². The lowest BCUT2D eigenvalue weighted by Crippen LogP contribution is -3.15. The Morgan fingerprint density at radius 1 is 1.18 bits per heavy atom. The molecule has 3 rings (SSSR count). The Labute approximate surface area is 169 Å². The molecule has 148 valence electrons. The number of benzene rings is 1. The summed E-state index contributed by atoms with van der Waals surface area (Å²) in [5.74, 6) is -0.0500. The van der Waals surface area contributed by atoms with Crippen molar-refractivity contribution in [1.29, 1.82) is 5.26 Å². The summed E-state index contributed by atoms with van der Waals surface area (Å²) in [5.41, 5.74) is 0.779. The number of sulfonamides is 1. The summed E-state index contributed by atoms with van der Waals surface area (Å²) in [6, 6.07) is 14.8. The van der Waals surface area contributed by atoms with Gasteiger partial charge in [0.2, 0.25) is 0 Å². The van der Waals surface area contributed by atoms with Crippen molar-refractivity contribution in [3.63, 3.8) is 0 Å². The second-order valence-electron chi connectivity index (χ2n) is 6.55. The zero-order chi connectivity index (χ0) is 20.0. The summed E-state index contributed by atoms with van der Waals surface area (Å²) in [6.45, 7) is 2.59. The van der Waals surface area contributed by atoms with E-state index in [4.69, 9.17) is 5.26 Å². The van der Waals surface area contributed by atoms with Gasteiger partial charge in [-0.1, -0.05) is 24.3 Å². The van der Waals surface area contributed by atoms with Crippen LogP contribution in [0.15, 0.2) is 52.1 Å². The summed E-state index contributed by atoms with van der Waals surface area (Å²) in [5, 5.41) is 10.7. The van der Waals surface area contributed by atoms with Crippen molar-refractivity contribution in [3.05, 3.63) is 47.8 Å². The maximum absolute atomic E-state index is 12.8. The highest BCUT2D eigenvalue weighted by molar-refractivity contribution is 7.91. The first-order valence-corrected chi connectivity index (χ1v) is 11.4. The van der Waals surface area contributed by atoms with E-state index < -0.39 is 10.0 Å². The molecule has 1 amide bonds. The fourth-order valence-corrected chi connectivity index (χ4v) is 5.82. The SMILES string of the molecule is N#CCCN(C(=O)C[NH+]1CCN(S(=O)(=O)c2cccs2)CC1)c1ccccc1. The Morgan fingerprint density at radius 3 is 2.50 bits per heavy atom. The molecule has 0 spiro atoms. The Bertz CT molecular complexity index is 916. The molecule has 1 aromatic carbocycles. The van der Waals surface area contributed by atoms with E-state index in [2.05, 4.69) is 6.07 Å². The Balaban J connectivity index is 1.60. The van der Waals surface area contributed by atoms with Crippen molar-refractivity contribution in [1.82, 2.24) is 4.31 Å². The third-order valence-electron chi connectivity index (χ3n) is 4.74. The van der Waals surface area contributed by atoms with Crippen molar-refractivity contribution >= 4 is 33.0 Å². The molecule has 2 aromatic rings. The van der Waals surface area contributed by atoms with E-state index in [-0.39, 0.29) is 18.9 Å². The van der Waals surface area contributed by atoms with Crippen LogP contribution < -0.4 is 9.80 Å². The molecule has 1 aliphatic rings. The molecule has 9 heteroatoms. The summed E-state index contributed by atoms with van der Waals surface area (Å²) >= 11 is 1.22. The van der Waals surface area contributed by atoms with Crippen LogP contribution >= 0.6 is 11.3 Å². The molecular formula is C19H23N4O3S2+. The molecule has 1 saturated heterocycles. The standard InChI is InChI=1S/C19H22N4O3S2/c20-9-5-10-23(17-6-2-1-3-7-17)18(24)16-21-11-13-22(14-12-21)28(25,26)19-8-4-15-27-19/h1-4,6-8,15H,5,10-14,16H2/p+1. The zero-order valence-electron chi connectivity index (χ0n) is 15.5. The van der Waals surface area contributed by atoms with Crippen molar-refractivity contribution in [2.24, 2.45) is 0 Å². The van der Waals surface area contributed by atoms with Crippen molar-refractivity contribution < 1.29 is 18.1 Å². The highest BCUT2D eigenvalue weighted by Crippen LogP contribution is 2.20. The van der Waals surface area contributed by atoms with Gasteiger partial charge in [-0.25, -0.2) is 8.42 Å². The fourth-order valence-electron chi connectivity index (χ4n) is 3.23. The van der Waals surface area contributed by atoms with Gasteiger partial charge in [-0.15, -0.1) is 11.3 Å². The van der Waals surface area contributed by atoms with Gasteiger partial charge >= 0.3 is 0 Å². The average molecular weight is 420 g/mol. The second-order valence-corrected chi connectivity index (χ2v) is 9.66. The number of nitrogens with one attached hydrogen (secondary N) is 1. The Morgan fingerprint density at radius 2 is 1.89 bits per heavy atom. The summed E-state index contributed by atoms with van der Waals surface area (Å²) in [6.07, 6.45) is 0.267. The summed E-state index contributed by atoms with van der Waals surface area (Å²) in [4.78, 5) is 15.5. The maximum atomic E-state index is 12.8. The minimum atomic E-state index is -3.43. The zero-order valence-corrected chi connectivity index (χ0v) is 17.1. The van der Waals surface area contributed by atoms with Gasteiger partial charge in [0, 0.05) is 12.2 Å². The van der Waals surface area contributed by atoms with Crippen LogP contribution in [-0.2, 0) is 14.8 Å². The van der Waals surface area contributed by atoms with Gasteiger partial charge in [-0.05, 0) is 23.6 Å². The minimum absolute atomic E-state index is 0.0500. The highest BCUT2D eigenvalue weighted by atomic mass is 32.2. The lowest BCUT2D eigenvalue weighted by atomic mass is 10.2. The first kappa shape index (κ1) is 20.5. The number of rotatable bonds is 7. The van der Waals surface area contributed by atoms with Gasteiger partial charge in [-0.2, -0.15) is 9.57 Å². The van der Waals surface area contributed by atoms with Crippen LogP contribution in [0.1, 0.15) is 6.42 Å². The number of carbonyl (C=O) groups is 1. The molecular weight excluding hydrogens is 396 g/mol. The number of para-hydroxylation sites is 1. The smallest absolute Gasteiger partial charge is 0.282 e. The topological polar surface area (TPSA) is 85.9 Å². The van der Waals surface area contributed by atoms with Crippen LogP contribution in [0.2, 0.25) is 0 Å². The van der Waals surface area contributed by atoms with Gasteiger partial charge in [-0.3, -0.25) is 4.79 Å². The second kappa shape index (κ2) is 9.30. The van der Waals surface area contributed by atoms with E-state index >= 15 is 0 Å². The molecule has 0 unspecified atom stereocenters. The number of quaternary nitrogens is 1. The first-order chi connectivity index (χ1) is 13.5. The number of anilines is 1.